The molecule has 0 spiro atoms. The molecule has 118 valence electrons. The van der Waals surface area contributed by atoms with Crippen molar-refractivity contribution in [3.05, 3.63) is 57.4 Å². The number of nitrogens with two attached hydrogens (primary N) is 1. The van der Waals surface area contributed by atoms with Gasteiger partial charge >= 0.3 is 0 Å². The van der Waals surface area contributed by atoms with E-state index in [0.717, 1.165) is 23.2 Å². The zero-order valence-electron chi connectivity index (χ0n) is 13.3. The van der Waals surface area contributed by atoms with E-state index in [9.17, 15) is 4.79 Å². The maximum absolute atomic E-state index is 12.6. The van der Waals surface area contributed by atoms with Crippen molar-refractivity contribution in [2.75, 3.05) is 6.61 Å². The van der Waals surface area contributed by atoms with Gasteiger partial charge in [0.15, 0.2) is 0 Å². The highest BCUT2D eigenvalue weighted by Crippen LogP contribution is 2.21. The van der Waals surface area contributed by atoms with Crippen LogP contribution in [-0.4, -0.2) is 16.3 Å². The Morgan fingerprint density at radius 3 is 2.45 bits per heavy atom. The summed E-state index contributed by atoms with van der Waals surface area (Å²) in [5.41, 5.74) is 10.4. The predicted molar refractivity (Wildman–Crippen MR) is 89.8 cm³/mol. The molecule has 2 rings (SSSR count). The standard InChI is InChI=1S/C18H24N2O2/c1-3-14-5-7-15(8-6-14)17-11-13(2)16(12-19)18(22)20(17)9-4-10-21/h5-8,11,21H,3-4,9-10,12,19H2,1-2H3. The lowest BCUT2D eigenvalue weighted by Gasteiger charge is -2.16. The molecule has 0 radical (unpaired) electrons. The van der Waals surface area contributed by atoms with Crippen LogP contribution in [0.5, 0.6) is 0 Å². The third kappa shape index (κ3) is 3.29. The summed E-state index contributed by atoms with van der Waals surface area (Å²) in [7, 11) is 0. The van der Waals surface area contributed by atoms with E-state index in [1.54, 1.807) is 4.57 Å². The first-order valence-corrected chi connectivity index (χ1v) is 7.75. The quantitative estimate of drug-likeness (QED) is 0.859. The Kier molecular flexibility index (Phi) is 5.52. The van der Waals surface area contributed by atoms with E-state index in [-0.39, 0.29) is 18.7 Å². The first-order valence-electron chi connectivity index (χ1n) is 7.75. The Morgan fingerprint density at radius 1 is 1.23 bits per heavy atom. The van der Waals surface area contributed by atoms with Crippen LogP contribution in [0.1, 0.15) is 30.0 Å². The number of aliphatic hydroxyl groups is 1. The molecule has 22 heavy (non-hydrogen) atoms. The zero-order chi connectivity index (χ0) is 16.1. The van der Waals surface area contributed by atoms with Gasteiger partial charge < -0.3 is 15.4 Å². The molecule has 4 heteroatoms. The van der Waals surface area contributed by atoms with Gasteiger partial charge in [0.05, 0.1) is 5.69 Å². The van der Waals surface area contributed by atoms with Crippen molar-refractivity contribution in [3.63, 3.8) is 0 Å². The smallest absolute Gasteiger partial charge is 0.255 e. The highest BCUT2D eigenvalue weighted by molar-refractivity contribution is 5.61. The molecule has 0 saturated carbocycles. The van der Waals surface area contributed by atoms with E-state index in [4.69, 9.17) is 10.8 Å². The van der Waals surface area contributed by atoms with Crippen LogP contribution < -0.4 is 11.3 Å². The summed E-state index contributed by atoms with van der Waals surface area (Å²) < 4.78 is 1.73. The van der Waals surface area contributed by atoms with Crippen LogP contribution in [0.2, 0.25) is 0 Å². The van der Waals surface area contributed by atoms with Crippen LogP contribution in [0.25, 0.3) is 11.3 Å². The number of hydrogen-bond acceptors (Lipinski definition) is 3. The largest absolute Gasteiger partial charge is 0.396 e. The minimum atomic E-state index is -0.0504. The third-order valence-electron chi connectivity index (χ3n) is 4.03. The summed E-state index contributed by atoms with van der Waals surface area (Å²) in [4.78, 5) is 12.6. The van der Waals surface area contributed by atoms with Gasteiger partial charge in [-0.05, 0) is 42.5 Å². The van der Waals surface area contributed by atoms with Crippen molar-refractivity contribution >= 4 is 0 Å². The van der Waals surface area contributed by atoms with E-state index < -0.39 is 0 Å². The topological polar surface area (TPSA) is 68.2 Å². The Morgan fingerprint density at radius 2 is 1.91 bits per heavy atom. The number of hydrogen-bond donors (Lipinski definition) is 2. The number of aromatic nitrogens is 1. The number of aryl methyl sites for hydroxylation is 2. The molecule has 1 aromatic carbocycles. The number of aliphatic hydroxyl groups excluding tert-OH is 1. The zero-order valence-corrected chi connectivity index (χ0v) is 13.3. The summed E-state index contributed by atoms with van der Waals surface area (Å²) in [5, 5.41) is 9.09. The molecule has 0 aliphatic rings. The fourth-order valence-electron chi connectivity index (χ4n) is 2.66. The molecule has 4 nitrogen and oxygen atoms in total. The lowest BCUT2D eigenvalue weighted by Crippen LogP contribution is -2.28. The minimum absolute atomic E-state index is 0.0504. The van der Waals surface area contributed by atoms with Gasteiger partial charge in [0.2, 0.25) is 0 Å². The van der Waals surface area contributed by atoms with Crippen LogP contribution in [-0.2, 0) is 19.5 Å². The number of benzene rings is 1. The molecule has 0 fully saturated rings. The summed E-state index contributed by atoms with van der Waals surface area (Å²) in [6, 6.07) is 10.3. The fraction of sp³-hybridized carbons (Fsp3) is 0.389. The lowest BCUT2D eigenvalue weighted by atomic mass is 10.0. The second kappa shape index (κ2) is 7.38. The van der Waals surface area contributed by atoms with Crippen LogP contribution in [0, 0.1) is 6.92 Å². The Labute approximate surface area is 131 Å². The maximum Gasteiger partial charge on any atom is 0.255 e. The Bertz CT molecular complexity index is 687. The minimum Gasteiger partial charge on any atom is -0.396 e. The summed E-state index contributed by atoms with van der Waals surface area (Å²) >= 11 is 0. The second-order valence-corrected chi connectivity index (χ2v) is 5.48. The number of rotatable bonds is 6. The van der Waals surface area contributed by atoms with E-state index in [0.29, 0.717) is 18.5 Å². The van der Waals surface area contributed by atoms with Gasteiger partial charge in [0.25, 0.3) is 5.56 Å². The van der Waals surface area contributed by atoms with Crippen molar-refractivity contribution in [2.24, 2.45) is 5.73 Å². The molecule has 0 atom stereocenters. The average Bonchev–Trinajstić information content (AvgIpc) is 2.54. The van der Waals surface area contributed by atoms with Crippen molar-refractivity contribution in [1.82, 2.24) is 4.57 Å². The maximum atomic E-state index is 12.6. The molecular formula is C18H24N2O2. The molecule has 0 amide bonds. The van der Waals surface area contributed by atoms with E-state index in [2.05, 4.69) is 19.1 Å². The molecular weight excluding hydrogens is 276 g/mol. The first-order chi connectivity index (χ1) is 10.6. The summed E-state index contributed by atoms with van der Waals surface area (Å²) in [5.74, 6) is 0. The predicted octanol–water partition coefficient (Wildman–Crippen LogP) is 2.23. The molecule has 2 aromatic rings. The fourth-order valence-corrected chi connectivity index (χ4v) is 2.66. The third-order valence-corrected chi connectivity index (χ3v) is 4.03. The van der Waals surface area contributed by atoms with Gasteiger partial charge in [0, 0.05) is 25.3 Å². The number of pyridine rings is 1. The van der Waals surface area contributed by atoms with Gasteiger partial charge in [-0.25, -0.2) is 0 Å². The molecule has 0 unspecified atom stereocenters. The summed E-state index contributed by atoms with van der Waals surface area (Å²) in [6.45, 7) is 4.83. The lowest BCUT2D eigenvalue weighted by molar-refractivity contribution is 0.279. The average molecular weight is 300 g/mol. The van der Waals surface area contributed by atoms with Crippen molar-refractivity contribution in [2.45, 2.75) is 39.8 Å². The van der Waals surface area contributed by atoms with Crippen molar-refractivity contribution < 1.29 is 5.11 Å². The normalized spacial score (nSPS) is 10.9. The highest BCUT2D eigenvalue weighted by atomic mass is 16.3. The first kappa shape index (κ1) is 16.5. The molecule has 3 N–H and O–H groups in total. The van der Waals surface area contributed by atoms with Gasteiger partial charge in [-0.1, -0.05) is 31.2 Å². The molecule has 0 bridgehead atoms. The van der Waals surface area contributed by atoms with E-state index >= 15 is 0 Å². The number of nitrogens with zero attached hydrogens (tertiary/aromatic N) is 1. The van der Waals surface area contributed by atoms with Crippen molar-refractivity contribution in [1.29, 1.82) is 0 Å². The van der Waals surface area contributed by atoms with Gasteiger partial charge in [-0.15, -0.1) is 0 Å². The summed E-state index contributed by atoms with van der Waals surface area (Å²) in [6.07, 6.45) is 1.54. The Hall–Kier alpha value is -1.91. The SMILES string of the molecule is CCc1ccc(-c2cc(C)c(CN)c(=O)n2CCCO)cc1. The van der Waals surface area contributed by atoms with E-state index in [1.807, 2.05) is 25.1 Å². The van der Waals surface area contributed by atoms with Gasteiger partial charge in [0.1, 0.15) is 0 Å². The van der Waals surface area contributed by atoms with Crippen LogP contribution in [0.15, 0.2) is 35.1 Å². The molecule has 0 aliphatic heterocycles. The van der Waals surface area contributed by atoms with Crippen LogP contribution >= 0.6 is 0 Å². The molecule has 1 heterocycles. The van der Waals surface area contributed by atoms with Gasteiger partial charge in [-0.3, -0.25) is 4.79 Å². The highest BCUT2D eigenvalue weighted by Gasteiger charge is 2.12. The molecule has 0 saturated heterocycles. The Balaban J connectivity index is 2.59. The van der Waals surface area contributed by atoms with E-state index in [1.165, 1.54) is 5.56 Å². The van der Waals surface area contributed by atoms with Gasteiger partial charge in [-0.2, -0.15) is 0 Å². The van der Waals surface area contributed by atoms with Crippen molar-refractivity contribution in [3.8, 4) is 11.3 Å². The molecule has 0 aliphatic carbocycles. The second-order valence-electron chi connectivity index (χ2n) is 5.48. The monoisotopic (exact) mass is 300 g/mol. The molecule has 1 aromatic heterocycles. The van der Waals surface area contributed by atoms with Crippen LogP contribution in [0.4, 0.5) is 0 Å². The van der Waals surface area contributed by atoms with Crippen LogP contribution in [0.3, 0.4) is 0 Å².